The van der Waals surface area contributed by atoms with Crippen LogP contribution in [0.2, 0.25) is 0 Å². The highest BCUT2D eigenvalue weighted by Gasteiger charge is 2.19. The smallest absolute Gasteiger partial charge is 0.261 e. The van der Waals surface area contributed by atoms with Gasteiger partial charge in [-0.2, -0.15) is 0 Å². The fraction of sp³-hybridized carbons (Fsp3) is 0.208. The zero-order valence-electron chi connectivity index (χ0n) is 17.3. The number of carbonyl (C=O) groups is 1. The van der Waals surface area contributed by atoms with E-state index in [0.717, 1.165) is 23.1 Å². The summed E-state index contributed by atoms with van der Waals surface area (Å²) in [6.07, 6.45) is 0.746. The predicted molar refractivity (Wildman–Crippen MR) is 120 cm³/mol. The molecule has 156 valence electrons. The Bertz CT molecular complexity index is 1140. The van der Waals surface area contributed by atoms with Crippen molar-refractivity contribution in [3.63, 3.8) is 0 Å². The lowest BCUT2D eigenvalue weighted by Gasteiger charge is -2.20. The maximum absolute atomic E-state index is 12.9. The second-order valence-electron chi connectivity index (χ2n) is 7.24. The van der Waals surface area contributed by atoms with E-state index in [9.17, 15) is 13.2 Å². The molecule has 1 amide bonds. The van der Waals surface area contributed by atoms with Crippen LogP contribution in [0.4, 0.5) is 5.69 Å². The molecule has 6 heteroatoms. The van der Waals surface area contributed by atoms with Crippen LogP contribution in [0.15, 0.2) is 77.7 Å². The fourth-order valence-corrected chi connectivity index (χ4v) is 4.44. The number of rotatable bonds is 7. The van der Waals surface area contributed by atoms with Crippen molar-refractivity contribution >= 4 is 21.6 Å². The van der Waals surface area contributed by atoms with Crippen molar-refractivity contribution in [1.29, 1.82) is 0 Å². The molecule has 3 aromatic rings. The molecule has 0 aliphatic heterocycles. The molecule has 0 saturated carbocycles. The number of benzene rings is 3. The Morgan fingerprint density at radius 2 is 1.57 bits per heavy atom. The van der Waals surface area contributed by atoms with Gasteiger partial charge in [-0.25, -0.2) is 8.42 Å². The van der Waals surface area contributed by atoms with Gasteiger partial charge < -0.3 is 5.32 Å². The first-order chi connectivity index (χ1) is 14.3. The van der Waals surface area contributed by atoms with Crippen LogP contribution in [0.5, 0.6) is 0 Å². The van der Waals surface area contributed by atoms with Crippen molar-refractivity contribution in [2.75, 3.05) is 4.72 Å². The van der Waals surface area contributed by atoms with Crippen LogP contribution in [0.3, 0.4) is 0 Å². The van der Waals surface area contributed by atoms with Crippen LogP contribution in [0.25, 0.3) is 0 Å². The van der Waals surface area contributed by atoms with Gasteiger partial charge in [0.2, 0.25) is 0 Å². The van der Waals surface area contributed by atoms with Crippen LogP contribution >= 0.6 is 0 Å². The van der Waals surface area contributed by atoms with Gasteiger partial charge in [-0.3, -0.25) is 9.52 Å². The van der Waals surface area contributed by atoms with Crippen molar-refractivity contribution < 1.29 is 13.2 Å². The van der Waals surface area contributed by atoms with E-state index in [0.29, 0.717) is 11.3 Å². The van der Waals surface area contributed by atoms with Gasteiger partial charge in [0.15, 0.2) is 0 Å². The second kappa shape index (κ2) is 9.13. The minimum atomic E-state index is -3.74. The van der Waals surface area contributed by atoms with E-state index in [4.69, 9.17) is 0 Å². The number of hydrogen-bond donors (Lipinski definition) is 2. The Morgan fingerprint density at radius 1 is 0.900 bits per heavy atom. The van der Waals surface area contributed by atoms with Gasteiger partial charge >= 0.3 is 0 Å². The molecule has 0 unspecified atom stereocenters. The summed E-state index contributed by atoms with van der Waals surface area (Å²) in [4.78, 5) is 13.1. The quantitative estimate of drug-likeness (QED) is 0.563. The predicted octanol–water partition coefficient (Wildman–Crippen LogP) is 4.99. The number of anilines is 1. The van der Waals surface area contributed by atoms with Gasteiger partial charge in [-0.15, -0.1) is 0 Å². The SMILES string of the molecule is CC[C@@H](NC(=O)c1ccc(C)c(NS(=O)(=O)c2ccccc2)c1)c1ccccc1C. The molecule has 0 aliphatic carbocycles. The maximum Gasteiger partial charge on any atom is 0.261 e. The van der Waals surface area contributed by atoms with Crippen molar-refractivity contribution in [3.05, 3.63) is 95.1 Å². The van der Waals surface area contributed by atoms with Gasteiger partial charge in [-0.05, 0) is 61.2 Å². The summed E-state index contributed by atoms with van der Waals surface area (Å²) < 4.78 is 27.9. The molecule has 0 aromatic heterocycles. The number of sulfonamides is 1. The summed E-state index contributed by atoms with van der Waals surface area (Å²) in [5.74, 6) is -0.245. The maximum atomic E-state index is 12.9. The third kappa shape index (κ3) is 4.89. The highest BCUT2D eigenvalue weighted by molar-refractivity contribution is 7.92. The minimum absolute atomic E-state index is 0.121. The summed E-state index contributed by atoms with van der Waals surface area (Å²) in [5, 5.41) is 3.07. The van der Waals surface area contributed by atoms with E-state index in [-0.39, 0.29) is 16.8 Å². The monoisotopic (exact) mass is 422 g/mol. The molecule has 0 saturated heterocycles. The van der Waals surface area contributed by atoms with E-state index in [1.54, 1.807) is 43.3 Å². The molecular weight excluding hydrogens is 396 g/mol. The first-order valence-electron chi connectivity index (χ1n) is 9.86. The highest BCUT2D eigenvalue weighted by Crippen LogP contribution is 2.24. The second-order valence-corrected chi connectivity index (χ2v) is 8.92. The third-order valence-corrected chi connectivity index (χ3v) is 6.46. The lowest BCUT2D eigenvalue weighted by molar-refractivity contribution is 0.0935. The van der Waals surface area contributed by atoms with Crippen LogP contribution in [0, 0.1) is 13.8 Å². The van der Waals surface area contributed by atoms with Crippen LogP contribution in [-0.4, -0.2) is 14.3 Å². The van der Waals surface area contributed by atoms with E-state index >= 15 is 0 Å². The van der Waals surface area contributed by atoms with Gasteiger partial charge in [0.25, 0.3) is 15.9 Å². The average molecular weight is 423 g/mol. The largest absolute Gasteiger partial charge is 0.345 e. The molecule has 2 N–H and O–H groups in total. The Kier molecular flexibility index (Phi) is 6.57. The molecule has 1 atom stereocenters. The molecule has 3 aromatic carbocycles. The Hall–Kier alpha value is -3.12. The fourth-order valence-electron chi connectivity index (χ4n) is 3.30. The van der Waals surface area contributed by atoms with Crippen LogP contribution in [-0.2, 0) is 10.0 Å². The Balaban J connectivity index is 1.84. The topological polar surface area (TPSA) is 75.3 Å². The lowest BCUT2D eigenvalue weighted by atomic mass is 9.99. The lowest BCUT2D eigenvalue weighted by Crippen LogP contribution is -2.28. The first kappa shape index (κ1) is 21.6. The van der Waals surface area contributed by atoms with Crippen molar-refractivity contribution in [1.82, 2.24) is 5.32 Å². The summed E-state index contributed by atoms with van der Waals surface area (Å²) >= 11 is 0. The number of carbonyl (C=O) groups excluding carboxylic acids is 1. The van der Waals surface area contributed by atoms with E-state index < -0.39 is 10.0 Å². The van der Waals surface area contributed by atoms with Crippen LogP contribution < -0.4 is 10.0 Å². The third-order valence-electron chi connectivity index (χ3n) is 5.08. The molecule has 0 fully saturated rings. The minimum Gasteiger partial charge on any atom is -0.345 e. The summed E-state index contributed by atoms with van der Waals surface area (Å²) in [6, 6.07) is 21.0. The summed E-state index contributed by atoms with van der Waals surface area (Å²) in [6.45, 7) is 5.84. The van der Waals surface area contributed by atoms with Gasteiger partial charge in [0.05, 0.1) is 16.6 Å². The number of hydrogen-bond acceptors (Lipinski definition) is 3. The molecule has 5 nitrogen and oxygen atoms in total. The van der Waals surface area contributed by atoms with E-state index in [1.165, 1.54) is 12.1 Å². The zero-order valence-corrected chi connectivity index (χ0v) is 18.2. The Labute approximate surface area is 178 Å². The average Bonchev–Trinajstić information content (AvgIpc) is 2.74. The van der Waals surface area contributed by atoms with E-state index in [2.05, 4.69) is 10.0 Å². The van der Waals surface area contributed by atoms with E-state index in [1.807, 2.05) is 38.1 Å². The summed E-state index contributed by atoms with van der Waals surface area (Å²) in [5.41, 5.74) is 3.71. The van der Waals surface area contributed by atoms with Crippen LogP contribution in [0.1, 0.15) is 46.4 Å². The van der Waals surface area contributed by atoms with Gasteiger partial charge in [0.1, 0.15) is 0 Å². The van der Waals surface area contributed by atoms with Gasteiger partial charge in [0, 0.05) is 5.56 Å². The van der Waals surface area contributed by atoms with Crippen molar-refractivity contribution in [2.45, 2.75) is 38.1 Å². The number of amides is 1. The molecular formula is C24H26N2O3S. The van der Waals surface area contributed by atoms with Crippen molar-refractivity contribution in [2.24, 2.45) is 0 Å². The van der Waals surface area contributed by atoms with Gasteiger partial charge in [-0.1, -0.05) is 55.5 Å². The summed E-state index contributed by atoms with van der Waals surface area (Å²) in [7, 11) is -3.74. The number of nitrogens with one attached hydrogen (secondary N) is 2. The van der Waals surface area contributed by atoms with Crippen molar-refractivity contribution in [3.8, 4) is 0 Å². The molecule has 0 radical (unpaired) electrons. The molecule has 30 heavy (non-hydrogen) atoms. The molecule has 3 rings (SSSR count). The molecule has 0 spiro atoms. The highest BCUT2D eigenvalue weighted by atomic mass is 32.2. The first-order valence-corrected chi connectivity index (χ1v) is 11.3. The zero-order chi connectivity index (χ0) is 21.7. The number of aryl methyl sites for hydroxylation is 2. The molecule has 0 heterocycles. The molecule has 0 bridgehead atoms. The molecule has 0 aliphatic rings. The Morgan fingerprint density at radius 3 is 2.23 bits per heavy atom. The normalized spacial score (nSPS) is 12.2. The standard InChI is InChI=1S/C24H26N2O3S/c1-4-22(21-13-9-8-10-17(21)2)25-24(27)19-15-14-18(3)23(16-19)26-30(28,29)20-11-6-5-7-12-20/h5-16,22,26H,4H2,1-3H3,(H,25,27)/t22-/m1/s1.